The number of piperazine rings is 1. The monoisotopic (exact) mass is 561 g/mol. The Morgan fingerprint density at radius 3 is 2.36 bits per heavy atom. The molecule has 0 spiro atoms. The zero-order chi connectivity index (χ0) is 27.1. The molecule has 1 aromatic heterocycles. The molecular weight excluding hydrogens is 537 g/mol. The van der Waals surface area contributed by atoms with E-state index in [2.05, 4.69) is 26.2 Å². The highest BCUT2D eigenvalue weighted by molar-refractivity contribution is 6.31. The normalized spacial score (nSPS) is 17.2. The molecule has 1 atom stereocenters. The number of fused-ring (bicyclic) bond motifs is 2. The molecule has 198 valence electrons. The Morgan fingerprint density at radius 1 is 0.949 bits per heavy atom. The average Bonchev–Trinajstić information content (AvgIpc) is 2.96. The quantitative estimate of drug-likeness (QED) is 0.234. The maximum Gasteiger partial charge on any atom is 0.317 e. The number of benzene rings is 3. The van der Waals surface area contributed by atoms with Crippen molar-refractivity contribution in [1.29, 1.82) is 0 Å². The Kier molecular flexibility index (Phi) is 6.66. The van der Waals surface area contributed by atoms with Gasteiger partial charge in [-0.3, -0.25) is 15.1 Å². The highest BCUT2D eigenvalue weighted by atomic mass is 35.5. The van der Waals surface area contributed by atoms with Crippen molar-refractivity contribution in [2.45, 2.75) is 5.92 Å². The van der Waals surface area contributed by atoms with Crippen LogP contribution >= 0.6 is 23.2 Å². The van der Waals surface area contributed by atoms with Crippen LogP contribution in [0.1, 0.15) is 17.0 Å². The van der Waals surface area contributed by atoms with Gasteiger partial charge >= 0.3 is 5.70 Å². The molecule has 3 aromatic carbocycles. The van der Waals surface area contributed by atoms with Crippen LogP contribution < -0.4 is 19.9 Å². The molecule has 1 unspecified atom stereocenters. The lowest BCUT2D eigenvalue weighted by atomic mass is 9.86. The zero-order valence-electron chi connectivity index (χ0n) is 21.1. The highest BCUT2D eigenvalue weighted by Gasteiger charge is 2.39. The summed E-state index contributed by atoms with van der Waals surface area (Å²) in [5.41, 5.74) is 4.54. The minimum absolute atomic E-state index is 0.0421. The van der Waals surface area contributed by atoms with Crippen LogP contribution in [0.2, 0.25) is 10.0 Å². The Hall–Kier alpha value is -4.01. The van der Waals surface area contributed by atoms with Gasteiger partial charge in [-0.1, -0.05) is 35.3 Å². The number of hydrogen-bond acceptors (Lipinski definition) is 7. The Morgan fingerprint density at radius 2 is 1.64 bits per heavy atom. The summed E-state index contributed by atoms with van der Waals surface area (Å²) < 4.78 is 5.80. The highest BCUT2D eigenvalue weighted by Crippen LogP contribution is 2.44. The minimum Gasteiger partial charge on any atom is -0.435 e. The van der Waals surface area contributed by atoms with Gasteiger partial charge in [-0.15, -0.1) is 0 Å². The van der Waals surface area contributed by atoms with E-state index in [9.17, 15) is 10.1 Å². The first-order chi connectivity index (χ1) is 18.9. The second-order valence-electron chi connectivity index (χ2n) is 9.50. The molecule has 1 fully saturated rings. The lowest BCUT2D eigenvalue weighted by Crippen LogP contribution is -2.46. The third-order valence-corrected chi connectivity index (χ3v) is 7.79. The molecule has 2 aliphatic rings. The largest absolute Gasteiger partial charge is 0.435 e. The molecule has 8 nitrogen and oxygen atoms in total. The number of anilines is 2. The van der Waals surface area contributed by atoms with E-state index in [0.717, 1.165) is 54.0 Å². The van der Waals surface area contributed by atoms with Crippen molar-refractivity contribution >= 4 is 45.5 Å². The fourth-order valence-corrected chi connectivity index (χ4v) is 5.80. The molecular formula is C29H25Cl2N5O3. The van der Waals surface area contributed by atoms with Gasteiger partial charge in [0.1, 0.15) is 11.7 Å². The number of rotatable bonds is 5. The Bertz CT molecular complexity index is 1600. The van der Waals surface area contributed by atoms with E-state index in [1.165, 1.54) is 0 Å². The number of halogens is 2. The van der Waals surface area contributed by atoms with Crippen LogP contribution in [0.4, 0.5) is 11.4 Å². The van der Waals surface area contributed by atoms with Gasteiger partial charge in [-0.05, 0) is 60.2 Å². The summed E-state index contributed by atoms with van der Waals surface area (Å²) >= 11 is 12.4. The number of ether oxygens (including phenoxy) is 1. The standard InChI is InChI=1S/C29H25Cl2N5O3/c1-32-29-28(36(37)38)27(23-16-19(30)5-9-26(23)39-29)18-2-6-21(7-3-18)34-12-14-35(15-13-34)25-10-11-33-24-17-20(31)4-8-22(24)25/h2-11,16-17,27,32H,12-15H2,1H3. The van der Waals surface area contributed by atoms with Crippen molar-refractivity contribution in [3.63, 3.8) is 0 Å². The van der Waals surface area contributed by atoms with E-state index < -0.39 is 5.92 Å². The molecule has 0 amide bonds. The van der Waals surface area contributed by atoms with E-state index in [1.807, 2.05) is 48.7 Å². The number of allylic oxidation sites excluding steroid dienone is 1. The number of hydrogen-bond donors (Lipinski definition) is 1. The molecule has 0 radical (unpaired) electrons. The lowest BCUT2D eigenvalue weighted by Gasteiger charge is -2.38. The SMILES string of the molecule is CNC1=C([N+](=O)[O-])C(c2ccc(N3CCN(c4ccnc5cc(Cl)ccc45)CC3)cc2)c2cc(Cl)ccc2O1. The Labute approximate surface area is 235 Å². The summed E-state index contributed by atoms with van der Waals surface area (Å²) in [7, 11) is 1.61. The van der Waals surface area contributed by atoms with Crippen LogP contribution in [0.3, 0.4) is 0 Å². The molecule has 1 saturated heterocycles. The lowest BCUT2D eigenvalue weighted by molar-refractivity contribution is -0.432. The van der Waals surface area contributed by atoms with Gasteiger partial charge in [0, 0.05) is 71.8 Å². The number of nitrogens with one attached hydrogen (secondary N) is 1. The van der Waals surface area contributed by atoms with E-state index >= 15 is 0 Å². The fourth-order valence-electron chi connectivity index (χ4n) is 5.45. The van der Waals surface area contributed by atoms with E-state index in [1.54, 1.807) is 25.2 Å². The first kappa shape index (κ1) is 25.3. The second kappa shape index (κ2) is 10.3. The van der Waals surface area contributed by atoms with Crippen LogP contribution in [0.25, 0.3) is 10.9 Å². The zero-order valence-corrected chi connectivity index (χ0v) is 22.6. The molecule has 4 aromatic rings. The predicted octanol–water partition coefficient (Wildman–Crippen LogP) is 6.06. The van der Waals surface area contributed by atoms with Crippen LogP contribution in [-0.4, -0.2) is 43.1 Å². The summed E-state index contributed by atoms with van der Waals surface area (Å²) in [6.07, 6.45) is 1.83. The maximum absolute atomic E-state index is 12.1. The van der Waals surface area contributed by atoms with Crippen molar-refractivity contribution in [1.82, 2.24) is 10.3 Å². The number of pyridine rings is 1. The molecule has 0 aliphatic carbocycles. The van der Waals surface area contributed by atoms with Gasteiger partial charge in [0.25, 0.3) is 5.88 Å². The summed E-state index contributed by atoms with van der Waals surface area (Å²) in [5, 5.41) is 17.2. The fraction of sp³-hybridized carbons (Fsp3) is 0.207. The van der Waals surface area contributed by atoms with Crippen LogP contribution in [0.15, 0.2) is 84.5 Å². The van der Waals surface area contributed by atoms with Crippen molar-refractivity contribution in [3.05, 3.63) is 116 Å². The number of nitrogens with zero attached hydrogens (tertiary/aromatic N) is 4. The molecule has 39 heavy (non-hydrogen) atoms. The van der Waals surface area contributed by atoms with Crippen molar-refractivity contribution < 1.29 is 9.66 Å². The van der Waals surface area contributed by atoms with Gasteiger partial charge < -0.3 is 19.9 Å². The summed E-state index contributed by atoms with van der Waals surface area (Å²) in [6.45, 7) is 3.40. The first-order valence-corrected chi connectivity index (χ1v) is 13.4. The van der Waals surface area contributed by atoms with Gasteiger partial charge in [0.05, 0.1) is 10.4 Å². The van der Waals surface area contributed by atoms with Gasteiger partial charge in [-0.25, -0.2) is 0 Å². The molecule has 3 heterocycles. The number of aromatic nitrogens is 1. The van der Waals surface area contributed by atoms with E-state index in [0.29, 0.717) is 21.4 Å². The maximum atomic E-state index is 12.1. The molecule has 10 heteroatoms. The van der Waals surface area contributed by atoms with Gasteiger partial charge in [0.15, 0.2) is 0 Å². The van der Waals surface area contributed by atoms with E-state index in [4.69, 9.17) is 27.9 Å². The average molecular weight is 562 g/mol. The third kappa shape index (κ3) is 4.70. The van der Waals surface area contributed by atoms with Crippen LogP contribution in [0, 0.1) is 10.1 Å². The van der Waals surface area contributed by atoms with Crippen LogP contribution in [-0.2, 0) is 0 Å². The predicted molar refractivity (Wildman–Crippen MR) is 155 cm³/mol. The van der Waals surface area contributed by atoms with Crippen LogP contribution in [0.5, 0.6) is 5.75 Å². The second-order valence-corrected chi connectivity index (χ2v) is 10.4. The van der Waals surface area contributed by atoms with Gasteiger partial charge in [0.2, 0.25) is 0 Å². The molecule has 0 bridgehead atoms. The summed E-state index contributed by atoms with van der Waals surface area (Å²) in [6, 6.07) is 21.1. The molecule has 1 N–H and O–H groups in total. The smallest absolute Gasteiger partial charge is 0.317 e. The van der Waals surface area contributed by atoms with Crippen molar-refractivity contribution in [3.8, 4) is 5.75 Å². The first-order valence-electron chi connectivity index (χ1n) is 12.6. The van der Waals surface area contributed by atoms with Crippen molar-refractivity contribution in [2.75, 3.05) is 43.0 Å². The molecule has 2 aliphatic heterocycles. The number of nitro groups is 1. The third-order valence-electron chi connectivity index (χ3n) is 7.32. The van der Waals surface area contributed by atoms with E-state index in [-0.39, 0.29) is 16.5 Å². The van der Waals surface area contributed by atoms with Crippen molar-refractivity contribution in [2.24, 2.45) is 0 Å². The molecule has 6 rings (SSSR count). The summed E-state index contributed by atoms with van der Waals surface area (Å²) in [5.74, 6) is 0.0562. The minimum atomic E-state index is -0.621. The Balaban J connectivity index is 1.24. The van der Waals surface area contributed by atoms with Gasteiger partial charge in [-0.2, -0.15) is 0 Å². The molecule has 0 saturated carbocycles. The summed E-state index contributed by atoms with van der Waals surface area (Å²) in [4.78, 5) is 20.9. The topological polar surface area (TPSA) is 83.8 Å².